The molecule has 102 valence electrons. The zero-order valence-corrected chi connectivity index (χ0v) is 10.7. The number of hydrogen-bond acceptors (Lipinski definition) is 5. The molecule has 5 nitrogen and oxygen atoms in total. The summed E-state index contributed by atoms with van der Waals surface area (Å²) in [6, 6.07) is 13.0. The number of benzene rings is 1. The van der Waals surface area contributed by atoms with Gasteiger partial charge in [-0.25, -0.2) is 4.79 Å². The van der Waals surface area contributed by atoms with E-state index in [1.807, 2.05) is 30.3 Å². The van der Waals surface area contributed by atoms with Gasteiger partial charge in [-0.05, 0) is 17.7 Å². The maximum atomic E-state index is 11.6. The molecule has 2 heterocycles. The molecular formula is C15H13NO4. The number of oxime groups is 1. The summed E-state index contributed by atoms with van der Waals surface area (Å²) in [5.41, 5.74) is 1.89. The van der Waals surface area contributed by atoms with Crippen molar-refractivity contribution in [1.29, 1.82) is 0 Å². The van der Waals surface area contributed by atoms with E-state index >= 15 is 0 Å². The van der Waals surface area contributed by atoms with Crippen LogP contribution in [0, 0.1) is 0 Å². The lowest BCUT2D eigenvalue weighted by Crippen LogP contribution is -2.19. The van der Waals surface area contributed by atoms with E-state index in [4.69, 9.17) is 14.0 Å². The summed E-state index contributed by atoms with van der Waals surface area (Å²) in [6.45, 7) is 0.152. The second-order valence-corrected chi connectivity index (χ2v) is 4.41. The van der Waals surface area contributed by atoms with E-state index in [1.165, 1.54) is 6.26 Å². The molecule has 3 rings (SSSR count). The van der Waals surface area contributed by atoms with Crippen LogP contribution in [0.15, 0.2) is 58.3 Å². The molecule has 0 aliphatic carbocycles. The monoisotopic (exact) mass is 271 g/mol. The summed E-state index contributed by atoms with van der Waals surface area (Å²) in [4.78, 5) is 16.9. The van der Waals surface area contributed by atoms with Crippen LogP contribution in [-0.2, 0) is 9.57 Å². The summed E-state index contributed by atoms with van der Waals surface area (Å²) in [5.74, 6) is -0.307. The third-order valence-electron chi connectivity index (χ3n) is 2.96. The highest BCUT2D eigenvalue weighted by molar-refractivity contribution is 6.01. The van der Waals surface area contributed by atoms with Gasteiger partial charge in [-0.2, -0.15) is 0 Å². The van der Waals surface area contributed by atoms with Gasteiger partial charge in [0.15, 0.2) is 6.10 Å². The van der Waals surface area contributed by atoms with Crippen LogP contribution < -0.4 is 0 Å². The Balaban J connectivity index is 1.51. The van der Waals surface area contributed by atoms with E-state index in [9.17, 15) is 4.79 Å². The second kappa shape index (κ2) is 5.61. The second-order valence-electron chi connectivity index (χ2n) is 4.41. The van der Waals surface area contributed by atoms with Crippen LogP contribution in [0.4, 0.5) is 0 Å². The smallest absolute Gasteiger partial charge is 0.374 e. The van der Waals surface area contributed by atoms with Gasteiger partial charge in [-0.1, -0.05) is 35.5 Å². The molecule has 20 heavy (non-hydrogen) atoms. The van der Waals surface area contributed by atoms with Gasteiger partial charge in [0.25, 0.3) is 0 Å². The first-order chi connectivity index (χ1) is 9.83. The Hall–Kier alpha value is -2.56. The van der Waals surface area contributed by atoms with Crippen molar-refractivity contribution in [3.8, 4) is 0 Å². The molecule has 0 saturated carbocycles. The first-order valence-corrected chi connectivity index (χ1v) is 6.31. The maximum Gasteiger partial charge on any atom is 0.374 e. The summed E-state index contributed by atoms with van der Waals surface area (Å²) in [7, 11) is 0. The highest BCUT2D eigenvalue weighted by Crippen LogP contribution is 2.17. The number of esters is 1. The average Bonchev–Trinajstić information content (AvgIpc) is 3.17. The Kier molecular flexibility index (Phi) is 3.50. The van der Waals surface area contributed by atoms with Crippen LogP contribution in [0.1, 0.15) is 22.5 Å². The van der Waals surface area contributed by atoms with Crippen molar-refractivity contribution < 1.29 is 18.8 Å². The van der Waals surface area contributed by atoms with E-state index in [1.54, 1.807) is 12.1 Å². The fraction of sp³-hybridized carbons (Fsp3) is 0.200. The summed E-state index contributed by atoms with van der Waals surface area (Å²) in [6.07, 6.45) is 1.80. The maximum absolute atomic E-state index is 11.6. The molecule has 1 aromatic carbocycles. The molecule has 0 fully saturated rings. The van der Waals surface area contributed by atoms with Gasteiger partial charge >= 0.3 is 5.97 Å². The number of carbonyl (C=O) groups excluding carboxylic acids is 1. The molecule has 0 saturated heterocycles. The lowest BCUT2D eigenvalue weighted by molar-refractivity contribution is 0.00474. The van der Waals surface area contributed by atoms with Crippen LogP contribution in [0.5, 0.6) is 0 Å². The van der Waals surface area contributed by atoms with Crippen LogP contribution in [0.25, 0.3) is 0 Å². The fourth-order valence-corrected chi connectivity index (χ4v) is 1.95. The zero-order chi connectivity index (χ0) is 13.8. The highest BCUT2D eigenvalue weighted by Gasteiger charge is 2.24. The van der Waals surface area contributed by atoms with Gasteiger partial charge in [-0.15, -0.1) is 0 Å². The minimum atomic E-state index is -0.494. The number of nitrogens with zero attached hydrogens (tertiary/aromatic N) is 1. The van der Waals surface area contributed by atoms with Gasteiger partial charge < -0.3 is 14.0 Å². The summed E-state index contributed by atoms with van der Waals surface area (Å²) < 4.78 is 10.1. The third kappa shape index (κ3) is 2.71. The van der Waals surface area contributed by atoms with Crippen molar-refractivity contribution in [2.24, 2.45) is 5.16 Å². The van der Waals surface area contributed by atoms with Crippen LogP contribution >= 0.6 is 0 Å². The first kappa shape index (κ1) is 12.5. The highest BCUT2D eigenvalue weighted by atomic mass is 16.7. The molecule has 1 unspecified atom stereocenters. The Bertz CT molecular complexity index is 604. The number of ether oxygens (including phenoxy) is 1. The van der Waals surface area contributed by atoms with E-state index < -0.39 is 5.97 Å². The average molecular weight is 271 g/mol. The molecular weight excluding hydrogens is 258 g/mol. The van der Waals surface area contributed by atoms with Crippen molar-refractivity contribution in [3.63, 3.8) is 0 Å². The van der Waals surface area contributed by atoms with E-state index in [-0.39, 0.29) is 18.5 Å². The molecule has 0 radical (unpaired) electrons. The minimum absolute atomic E-state index is 0.152. The Morgan fingerprint density at radius 2 is 2.10 bits per heavy atom. The van der Waals surface area contributed by atoms with Crippen molar-refractivity contribution in [2.45, 2.75) is 12.5 Å². The van der Waals surface area contributed by atoms with Gasteiger partial charge in [0.05, 0.1) is 12.0 Å². The normalized spacial score (nSPS) is 17.4. The fourth-order valence-electron chi connectivity index (χ4n) is 1.95. The molecule has 5 heteroatoms. The summed E-state index contributed by atoms with van der Waals surface area (Å²) in [5, 5.41) is 4.03. The molecule has 1 aliphatic heterocycles. The summed E-state index contributed by atoms with van der Waals surface area (Å²) >= 11 is 0. The number of carbonyl (C=O) groups is 1. The van der Waals surface area contributed by atoms with Gasteiger partial charge in [0.1, 0.15) is 6.61 Å². The first-order valence-electron chi connectivity index (χ1n) is 6.31. The Morgan fingerprint density at radius 1 is 1.25 bits per heavy atom. The predicted molar refractivity (Wildman–Crippen MR) is 71.5 cm³/mol. The molecule has 0 amide bonds. The van der Waals surface area contributed by atoms with Crippen molar-refractivity contribution in [3.05, 3.63) is 60.1 Å². The quantitative estimate of drug-likeness (QED) is 0.802. The van der Waals surface area contributed by atoms with E-state index in [2.05, 4.69) is 5.16 Å². The number of furan rings is 1. The zero-order valence-electron chi connectivity index (χ0n) is 10.7. The number of rotatable bonds is 4. The minimum Gasteiger partial charge on any atom is -0.457 e. The van der Waals surface area contributed by atoms with E-state index in [0.717, 1.165) is 11.3 Å². The molecule has 2 aromatic rings. The largest absolute Gasteiger partial charge is 0.457 e. The molecule has 1 atom stereocenters. The van der Waals surface area contributed by atoms with Crippen LogP contribution in [0.3, 0.4) is 0 Å². The Morgan fingerprint density at radius 3 is 2.85 bits per heavy atom. The topological polar surface area (TPSA) is 61.0 Å². The standard InChI is InChI=1S/C15H13NO4/c17-15(14-7-4-8-18-14)19-10-12-9-13(16-20-12)11-5-2-1-3-6-11/h1-8,12H,9-10H2. The SMILES string of the molecule is O=C(OCC1CC(c2ccccc2)=NO1)c1ccco1. The van der Waals surface area contributed by atoms with Crippen molar-refractivity contribution >= 4 is 11.7 Å². The number of hydrogen-bond donors (Lipinski definition) is 0. The molecule has 0 N–H and O–H groups in total. The van der Waals surface area contributed by atoms with Gasteiger partial charge in [-0.3, -0.25) is 0 Å². The van der Waals surface area contributed by atoms with Crippen LogP contribution in [-0.4, -0.2) is 24.4 Å². The van der Waals surface area contributed by atoms with Crippen molar-refractivity contribution in [1.82, 2.24) is 0 Å². The predicted octanol–water partition coefficient (Wildman–Crippen LogP) is 2.63. The lowest BCUT2D eigenvalue weighted by atomic mass is 10.1. The van der Waals surface area contributed by atoms with Gasteiger partial charge in [0.2, 0.25) is 5.76 Å². The Labute approximate surface area is 115 Å². The molecule has 1 aromatic heterocycles. The van der Waals surface area contributed by atoms with Gasteiger partial charge in [0, 0.05) is 6.42 Å². The molecule has 1 aliphatic rings. The third-order valence-corrected chi connectivity index (χ3v) is 2.96. The van der Waals surface area contributed by atoms with Crippen molar-refractivity contribution in [2.75, 3.05) is 6.61 Å². The lowest BCUT2D eigenvalue weighted by Gasteiger charge is -2.08. The molecule has 0 bridgehead atoms. The van der Waals surface area contributed by atoms with Crippen LogP contribution in [0.2, 0.25) is 0 Å². The molecule has 0 spiro atoms. The van der Waals surface area contributed by atoms with E-state index in [0.29, 0.717) is 6.42 Å².